The molecule has 1 saturated heterocycles. The number of rotatable bonds is 6. The Hall–Kier alpha value is -4.00. The minimum absolute atomic E-state index is 0.137. The Kier molecular flexibility index (Phi) is 5.99. The largest absolute Gasteiger partial charge is 0.355 e. The summed E-state index contributed by atoms with van der Waals surface area (Å²) in [6.45, 7) is 2.28. The molecule has 0 bridgehead atoms. The third-order valence-corrected chi connectivity index (χ3v) is 7.52. The fourth-order valence-corrected chi connectivity index (χ4v) is 5.30. The molecule has 2 fully saturated rings. The van der Waals surface area contributed by atoms with Gasteiger partial charge in [-0.1, -0.05) is 36.4 Å². The van der Waals surface area contributed by atoms with Crippen LogP contribution < -0.4 is 5.32 Å². The average Bonchev–Trinajstić information content (AvgIpc) is 3.58. The maximum absolute atomic E-state index is 13.4. The lowest BCUT2D eigenvalue weighted by Gasteiger charge is -2.18. The predicted octanol–water partition coefficient (Wildman–Crippen LogP) is 5.13. The number of nitrogens with one attached hydrogen (secondary N) is 1. The van der Waals surface area contributed by atoms with E-state index in [-0.39, 0.29) is 17.6 Å². The number of halogens is 1. The fraction of sp³-hybridized carbons (Fsp3) is 0.300. The summed E-state index contributed by atoms with van der Waals surface area (Å²) in [5.41, 5.74) is 5.24. The van der Waals surface area contributed by atoms with Crippen LogP contribution in [0.2, 0.25) is 0 Å². The molecule has 0 radical (unpaired) electrons. The van der Waals surface area contributed by atoms with E-state index in [0.29, 0.717) is 17.4 Å². The van der Waals surface area contributed by atoms with Crippen LogP contribution in [0.5, 0.6) is 0 Å². The molecule has 188 valence electrons. The first-order valence-corrected chi connectivity index (χ1v) is 12.9. The predicted molar refractivity (Wildman–Crippen MR) is 141 cm³/mol. The summed E-state index contributed by atoms with van der Waals surface area (Å²) in [7, 11) is 1.63. The Morgan fingerprint density at radius 2 is 1.62 bits per heavy atom. The zero-order chi connectivity index (χ0) is 25.5. The van der Waals surface area contributed by atoms with Crippen molar-refractivity contribution in [1.29, 1.82) is 0 Å². The zero-order valence-corrected chi connectivity index (χ0v) is 20.8. The molecule has 6 rings (SSSR count). The van der Waals surface area contributed by atoms with Crippen LogP contribution in [0.4, 0.5) is 4.39 Å². The van der Waals surface area contributed by atoms with Crippen LogP contribution in [0.3, 0.4) is 0 Å². The van der Waals surface area contributed by atoms with Gasteiger partial charge in [-0.15, -0.1) is 0 Å². The van der Waals surface area contributed by atoms with Crippen LogP contribution in [0, 0.1) is 17.7 Å². The van der Waals surface area contributed by atoms with Gasteiger partial charge in [0.2, 0.25) is 5.91 Å². The van der Waals surface area contributed by atoms with Crippen molar-refractivity contribution < 1.29 is 14.0 Å². The number of carbonyl (C=O) groups excluding carboxylic acids is 2. The van der Waals surface area contributed by atoms with Crippen molar-refractivity contribution in [3.8, 4) is 22.5 Å². The van der Waals surface area contributed by atoms with E-state index >= 15 is 0 Å². The third-order valence-electron chi connectivity index (χ3n) is 7.52. The van der Waals surface area contributed by atoms with Crippen LogP contribution in [-0.4, -0.2) is 46.4 Å². The number of benzene rings is 3. The summed E-state index contributed by atoms with van der Waals surface area (Å²) in [6, 6.07) is 20.2. The van der Waals surface area contributed by atoms with E-state index in [4.69, 9.17) is 4.98 Å². The van der Waals surface area contributed by atoms with Gasteiger partial charge in [-0.3, -0.25) is 9.59 Å². The first kappa shape index (κ1) is 23.4. The second kappa shape index (κ2) is 9.47. The van der Waals surface area contributed by atoms with Crippen molar-refractivity contribution >= 4 is 22.8 Å². The summed E-state index contributed by atoms with van der Waals surface area (Å²) in [5, 5.41) is 2.70. The van der Waals surface area contributed by atoms with Crippen LogP contribution in [-0.2, 0) is 11.3 Å². The summed E-state index contributed by atoms with van der Waals surface area (Å²) >= 11 is 0. The Bertz CT molecular complexity index is 1470. The molecule has 1 unspecified atom stereocenters. The Morgan fingerprint density at radius 1 is 0.946 bits per heavy atom. The molecule has 1 saturated carbocycles. The number of fused-ring (bicyclic) bond motifs is 1. The highest BCUT2D eigenvalue weighted by atomic mass is 19.1. The van der Waals surface area contributed by atoms with E-state index in [1.807, 2.05) is 41.3 Å². The van der Waals surface area contributed by atoms with Crippen molar-refractivity contribution in [2.45, 2.75) is 25.8 Å². The molecule has 1 aliphatic carbocycles. The molecule has 3 aromatic carbocycles. The van der Waals surface area contributed by atoms with Gasteiger partial charge in [0.15, 0.2) is 0 Å². The fourth-order valence-electron chi connectivity index (χ4n) is 5.30. The lowest BCUT2D eigenvalue weighted by atomic mass is 10.0. The van der Waals surface area contributed by atoms with Crippen LogP contribution in [0.15, 0.2) is 66.7 Å². The van der Waals surface area contributed by atoms with Crippen molar-refractivity contribution in [3.63, 3.8) is 0 Å². The number of nitrogens with zero attached hydrogens (tertiary/aromatic N) is 3. The smallest absolute Gasteiger partial charge is 0.251 e. The van der Waals surface area contributed by atoms with E-state index in [2.05, 4.69) is 9.88 Å². The molecule has 1 aromatic heterocycles. The number of hydrogen-bond acceptors (Lipinski definition) is 3. The normalized spacial score (nSPS) is 17.4. The molecular weight excluding hydrogens is 467 g/mol. The van der Waals surface area contributed by atoms with Gasteiger partial charge in [-0.2, -0.15) is 0 Å². The minimum atomic E-state index is -0.255. The first-order chi connectivity index (χ1) is 18.0. The molecule has 4 aromatic rings. The SMILES string of the molecule is CNC(=O)c1ccc2nc(-c3ccc(-c4ccc(F)cc4)cc3)n(CC3CCN(C(=O)C4CC4)C3)c2c1. The second-order valence-corrected chi connectivity index (χ2v) is 10.1. The number of amides is 2. The van der Waals surface area contributed by atoms with Crippen LogP contribution in [0.1, 0.15) is 29.6 Å². The average molecular weight is 497 g/mol. The van der Waals surface area contributed by atoms with Gasteiger partial charge in [-0.05, 0) is 66.6 Å². The number of imidazole rings is 1. The molecule has 37 heavy (non-hydrogen) atoms. The maximum atomic E-state index is 13.4. The number of likely N-dealkylation sites (tertiary alicyclic amines) is 1. The van der Waals surface area contributed by atoms with Crippen molar-refractivity contribution in [2.75, 3.05) is 20.1 Å². The molecule has 2 heterocycles. The third kappa shape index (κ3) is 4.61. The molecule has 7 heteroatoms. The van der Waals surface area contributed by atoms with Gasteiger partial charge in [0.1, 0.15) is 11.6 Å². The van der Waals surface area contributed by atoms with Gasteiger partial charge >= 0.3 is 0 Å². The highest BCUT2D eigenvalue weighted by Crippen LogP contribution is 2.34. The standard InChI is InChI=1S/C30H29FN4O2/c1-32-29(36)24-10-13-26-27(16-24)35(18-19-14-15-34(17-19)30(37)23-6-7-23)28(33-26)22-4-2-20(3-5-22)21-8-11-25(31)12-9-21/h2-5,8-13,16,19,23H,6-7,14-15,17-18H2,1H3,(H,32,36). The Labute approximate surface area is 215 Å². The molecule has 0 spiro atoms. The van der Waals surface area contributed by atoms with E-state index in [0.717, 1.165) is 72.4 Å². The van der Waals surface area contributed by atoms with E-state index in [9.17, 15) is 14.0 Å². The van der Waals surface area contributed by atoms with E-state index in [1.165, 1.54) is 12.1 Å². The molecule has 6 nitrogen and oxygen atoms in total. The van der Waals surface area contributed by atoms with Gasteiger partial charge in [0, 0.05) is 43.7 Å². The topological polar surface area (TPSA) is 67.2 Å². The van der Waals surface area contributed by atoms with Crippen molar-refractivity contribution in [1.82, 2.24) is 19.8 Å². The Morgan fingerprint density at radius 3 is 2.30 bits per heavy atom. The molecule has 1 N–H and O–H groups in total. The quantitative estimate of drug-likeness (QED) is 0.403. The lowest BCUT2D eigenvalue weighted by Crippen LogP contribution is -2.30. The molecular formula is C30H29FN4O2. The molecule has 1 atom stereocenters. The van der Waals surface area contributed by atoms with Gasteiger partial charge < -0.3 is 14.8 Å². The summed E-state index contributed by atoms with van der Waals surface area (Å²) in [4.78, 5) is 32.0. The monoisotopic (exact) mass is 496 g/mol. The molecule has 2 amide bonds. The molecule has 1 aliphatic heterocycles. The van der Waals surface area contributed by atoms with Gasteiger partial charge in [0.05, 0.1) is 11.0 Å². The number of aromatic nitrogens is 2. The second-order valence-electron chi connectivity index (χ2n) is 10.1. The lowest BCUT2D eigenvalue weighted by molar-refractivity contribution is -0.131. The van der Waals surface area contributed by atoms with Gasteiger partial charge in [-0.25, -0.2) is 9.37 Å². The zero-order valence-electron chi connectivity index (χ0n) is 20.8. The number of carbonyl (C=O) groups is 2. The summed E-state index contributed by atoms with van der Waals surface area (Å²) in [5.74, 6) is 1.30. The highest BCUT2D eigenvalue weighted by Gasteiger charge is 2.36. The Balaban J connectivity index is 1.35. The summed E-state index contributed by atoms with van der Waals surface area (Å²) < 4.78 is 15.6. The highest BCUT2D eigenvalue weighted by molar-refractivity contribution is 5.97. The van der Waals surface area contributed by atoms with Crippen molar-refractivity contribution in [3.05, 3.63) is 78.1 Å². The van der Waals surface area contributed by atoms with Crippen LogP contribution in [0.25, 0.3) is 33.5 Å². The van der Waals surface area contributed by atoms with Crippen molar-refractivity contribution in [2.24, 2.45) is 11.8 Å². The molecule has 2 aliphatic rings. The van der Waals surface area contributed by atoms with Crippen LogP contribution >= 0.6 is 0 Å². The summed E-state index contributed by atoms with van der Waals surface area (Å²) in [6.07, 6.45) is 3.00. The number of hydrogen-bond donors (Lipinski definition) is 1. The van der Waals surface area contributed by atoms with Gasteiger partial charge in [0.25, 0.3) is 5.91 Å². The van der Waals surface area contributed by atoms with E-state index < -0.39 is 0 Å². The maximum Gasteiger partial charge on any atom is 0.251 e. The minimum Gasteiger partial charge on any atom is -0.355 e. The van der Waals surface area contributed by atoms with E-state index in [1.54, 1.807) is 25.2 Å². The first-order valence-electron chi connectivity index (χ1n) is 12.9.